The second-order valence-corrected chi connectivity index (χ2v) is 2.30. The van der Waals surface area contributed by atoms with Crippen LogP contribution in [0.15, 0.2) is 12.2 Å². The summed E-state index contributed by atoms with van der Waals surface area (Å²) in [5.74, 6) is 0.529. The SMILES string of the molecule is CC=CC(C)C(C)C#N. The lowest BCUT2D eigenvalue weighted by Gasteiger charge is -2.05. The maximum Gasteiger partial charge on any atom is 0.0658 e. The van der Waals surface area contributed by atoms with E-state index in [9.17, 15) is 0 Å². The van der Waals surface area contributed by atoms with Crippen molar-refractivity contribution in [2.45, 2.75) is 20.8 Å². The molecular formula is C8H13N. The summed E-state index contributed by atoms with van der Waals surface area (Å²) < 4.78 is 0. The van der Waals surface area contributed by atoms with Crippen molar-refractivity contribution in [2.24, 2.45) is 11.8 Å². The van der Waals surface area contributed by atoms with E-state index in [0.29, 0.717) is 5.92 Å². The van der Waals surface area contributed by atoms with Gasteiger partial charge in [0.15, 0.2) is 0 Å². The van der Waals surface area contributed by atoms with Crippen molar-refractivity contribution in [2.75, 3.05) is 0 Å². The molecule has 0 aromatic rings. The van der Waals surface area contributed by atoms with Gasteiger partial charge in [-0.05, 0) is 19.8 Å². The third-order valence-corrected chi connectivity index (χ3v) is 1.49. The van der Waals surface area contributed by atoms with E-state index in [4.69, 9.17) is 5.26 Å². The highest BCUT2D eigenvalue weighted by Crippen LogP contribution is 2.09. The van der Waals surface area contributed by atoms with Gasteiger partial charge in [-0.15, -0.1) is 0 Å². The Bertz CT molecular complexity index is 130. The number of hydrogen-bond acceptors (Lipinski definition) is 1. The lowest BCUT2D eigenvalue weighted by molar-refractivity contribution is 0.569. The molecule has 0 spiro atoms. The zero-order chi connectivity index (χ0) is 7.28. The van der Waals surface area contributed by atoms with Gasteiger partial charge < -0.3 is 0 Å². The standard InChI is InChI=1S/C8H13N/c1-4-5-7(2)8(3)6-9/h4-5,7-8H,1-3H3. The second kappa shape index (κ2) is 4.14. The summed E-state index contributed by atoms with van der Waals surface area (Å²) >= 11 is 0. The third kappa shape index (κ3) is 2.92. The highest BCUT2D eigenvalue weighted by Gasteiger charge is 2.05. The number of rotatable bonds is 2. The van der Waals surface area contributed by atoms with Crippen LogP contribution in [-0.2, 0) is 0 Å². The van der Waals surface area contributed by atoms with Crippen LogP contribution in [0.5, 0.6) is 0 Å². The molecule has 0 heterocycles. The Morgan fingerprint density at radius 1 is 1.44 bits per heavy atom. The summed E-state index contributed by atoms with van der Waals surface area (Å²) in [6, 6.07) is 2.20. The molecule has 1 heteroatoms. The minimum absolute atomic E-state index is 0.140. The van der Waals surface area contributed by atoms with Gasteiger partial charge in [-0.2, -0.15) is 5.26 Å². The summed E-state index contributed by atoms with van der Waals surface area (Å²) in [6.45, 7) is 5.96. The maximum absolute atomic E-state index is 8.45. The molecule has 0 bridgehead atoms. The molecule has 9 heavy (non-hydrogen) atoms. The van der Waals surface area contributed by atoms with Gasteiger partial charge in [0.05, 0.1) is 6.07 Å². The predicted octanol–water partition coefficient (Wildman–Crippen LogP) is 2.36. The molecule has 0 radical (unpaired) electrons. The summed E-state index contributed by atoms with van der Waals surface area (Å²) in [5, 5.41) is 8.45. The Morgan fingerprint density at radius 2 is 2.00 bits per heavy atom. The molecule has 0 aromatic carbocycles. The van der Waals surface area contributed by atoms with Crippen LogP contribution >= 0.6 is 0 Å². The van der Waals surface area contributed by atoms with E-state index < -0.39 is 0 Å². The van der Waals surface area contributed by atoms with Crippen molar-refractivity contribution >= 4 is 0 Å². The first-order valence-electron chi connectivity index (χ1n) is 3.24. The summed E-state index contributed by atoms with van der Waals surface area (Å²) in [5.41, 5.74) is 0. The van der Waals surface area contributed by atoms with E-state index in [-0.39, 0.29) is 5.92 Å². The van der Waals surface area contributed by atoms with Crippen LogP contribution < -0.4 is 0 Å². The van der Waals surface area contributed by atoms with Gasteiger partial charge in [-0.3, -0.25) is 0 Å². The highest BCUT2D eigenvalue weighted by atomic mass is 14.3. The molecule has 2 atom stereocenters. The van der Waals surface area contributed by atoms with Gasteiger partial charge in [0.1, 0.15) is 0 Å². The van der Waals surface area contributed by atoms with Crippen LogP contribution in [0.1, 0.15) is 20.8 Å². The Hall–Kier alpha value is -0.770. The molecule has 0 aliphatic carbocycles. The van der Waals surface area contributed by atoms with Crippen molar-refractivity contribution in [3.63, 3.8) is 0 Å². The fourth-order valence-electron chi connectivity index (χ4n) is 0.588. The third-order valence-electron chi connectivity index (χ3n) is 1.49. The molecule has 0 aliphatic heterocycles. The second-order valence-electron chi connectivity index (χ2n) is 2.30. The van der Waals surface area contributed by atoms with E-state index in [0.717, 1.165) is 0 Å². The van der Waals surface area contributed by atoms with Crippen LogP contribution in [0.4, 0.5) is 0 Å². The molecular weight excluding hydrogens is 110 g/mol. The fraction of sp³-hybridized carbons (Fsp3) is 0.625. The normalized spacial score (nSPS) is 17.1. The van der Waals surface area contributed by atoms with Gasteiger partial charge >= 0.3 is 0 Å². The van der Waals surface area contributed by atoms with Crippen molar-refractivity contribution in [3.05, 3.63) is 12.2 Å². The molecule has 0 N–H and O–H groups in total. The molecule has 0 fully saturated rings. The van der Waals surface area contributed by atoms with Crippen molar-refractivity contribution in [1.82, 2.24) is 0 Å². The van der Waals surface area contributed by atoms with Gasteiger partial charge in [-0.25, -0.2) is 0 Å². The molecule has 0 amide bonds. The van der Waals surface area contributed by atoms with E-state index in [1.54, 1.807) is 0 Å². The lowest BCUT2D eigenvalue weighted by Crippen LogP contribution is -2.00. The molecule has 2 unspecified atom stereocenters. The maximum atomic E-state index is 8.45. The zero-order valence-corrected chi connectivity index (χ0v) is 6.26. The number of allylic oxidation sites excluding steroid dienone is 2. The van der Waals surface area contributed by atoms with Gasteiger partial charge in [0.25, 0.3) is 0 Å². The van der Waals surface area contributed by atoms with Crippen LogP contribution in [-0.4, -0.2) is 0 Å². The Labute approximate surface area is 57.0 Å². The molecule has 0 aromatic heterocycles. The Balaban J connectivity index is 3.75. The fourth-order valence-corrected chi connectivity index (χ4v) is 0.588. The van der Waals surface area contributed by atoms with Crippen LogP contribution in [0.3, 0.4) is 0 Å². The summed E-state index contributed by atoms with van der Waals surface area (Å²) in [6.07, 6.45) is 4.03. The molecule has 0 saturated carbocycles. The van der Waals surface area contributed by atoms with Crippen molar-refractivity contribution < 1.29 is 0 Å². The first kappa shape index (κ1) is 8.23. The zero-order valence-electron chi connectivity index (χ0n) is 6.26. The van der Waals surface area contributed by atoms with E-state index in [2.05, 4.69) is 6.07 Å². The van der Waals surface area contributed by atoms with Crippen molar-refractivity contribution in [1.29, 1.82) is 5.26 Å². The molecule has 0 rings (SSSR count). The predicted molar refractivity (Wildman–Crippen MR) is 38.8 cm³/mol. The quantitative estimate of drug-likeness (QED) is 0.517. The summed E-state index contributed by atoms with van der Waals surface area (Å²) in [4.78, 5) is 0. The molecule has 1 nitrogen and oxygen atoms in total. The smallest absolute Gasteiger partial charge is 0.0658 e. The first-order valence-corrected chi connectivity index (χ1v) is 3.24. The first-order chi connectivity index (χ1) is 4.22. The Morgan fingerprint density at radius 3 is 2.33 bits per heavy atom. The minimum atomic E-state index is 0.140. The lowest BCUT2D eigenvalue weighted by atomic mass is 9.97. The highest BCUT2D eigenvalue weighted by molar-refractivity contribution is 4.93. The largest absolute Gasteiger partial charge is 0.198 e. The summed E-state index contributed by atoms with van der Waals surface area (Å²) in [7, 11) is 0. The molecule has 0 saturated heterocycles. The minimum Gasteiger partial charge on any atom is -0.198 e. The van der Waals surface area contributed by atoms with Gasteiger partial charge in [-0.1, -0.05) is 19.1 Å². The number of nitrogens with zero attached hydrogens (tertiary/aromatic N) is 1. The molecule has 50 valence electrons. The van der Waals surface area contributed by atoms with Crippen LogP contribution in [0.2, 0.25) is 0 Å². The van der Waals surface area contributed by atoms with E-state index >= 15 is 0 Å². The van der Waals surface area contributed by atoms with Crippen LogP contribution in [0, 0.1) is 23.2 Å². The van der Waals surface area contributed by atoms with E-state index in [1.807, 2.05) is 32.9 Å². The van der Waals surface area contributed by atoms with Crippen molar-refractivity contribution in [3.8, 4) is 6.07 Å². The number of nitriles is 1. The monoisotopic (exact) mass is 123 g/mol. The topological polar surface area (TPSA) is 23.8 Å². The van der Waals surface area contributed by atoms with Gasteiger partial charge in [0.2, 0.25) is 0 Å². The molecule has 0 aliphatic rings. The van der Waals surface area contributed by atoms with E-state index in [1.165, 1.54) is 0 Å². The van der Waals surface area contributed by atoms with Gasteiger partial charge in [0, 0.05) is 5.92 Å². The average Bonchev–Trinajstić information content (AvgIpc) is 1.87. The van der Waals surface area contributed by atoms with Crippen LogP contribution in [0.25, 0.3) is 0 Å². The average molecular weight is 123 g/mol. The Kier molecular flexibility index (Phi) is 3.79. The number of hydrogen-bond donors (Lipinski definition) is 0.